The fraction of sp³-hybridized carbons (Fsp3) is 0.212. The molecule has 0 radical (unpaired) electrons. The van der Waals surface area contributed by atoms with Gasteiger partial charge in [0.2, 0.25) is 0 Å². The molecular formula is C33H33N3O5S. The monoisotopic (exact) mass is 583 g/mol. The fourth-order valence-electron chi connectivity index (χ4n) is 4.16. The Balaban J connectivity index is 1.51. The van der Waals surface area contributed by atoms with Gasteiger partial charge in [-0.1, -0.05) is 42.5 Å². The van der Waals surface area contributed by atoms with Crippen molar-refractivity contribution in [3.8, 4) is 5.75 Å². The Morgan fingerprint density at radius 1 is 1.00 bits per heavy atom. The molecule has 0 saturated heterocycles. The molecule has 4 aromatic rings. The van der Waals surface area contributed by atoms with Gasteiger partial charge in [0.1, 0.15) is 17.4 Å². The van der Waals surface area contributed by atoms with Crippen LogP contribution in [0.2, 0.25) is 0 Å². The van der Waals surface area contributed by atoms with E-state index in [-0.39, 0.29) is 11.7 Å². The second-order valence-corrected chi connectivity index (χ2v) is 10.5. The average molecular weight is 584 g/mol. The van der Waals surface area contributed by atoms with Crippen LogP contribution in [0.3, 0.4) is 0 Å². The van der Waals surface area contributed by atoms with Crippen molar-refractivity contribution in [1.29, 1.82) is 0 Å². The summed E-state index contributed by atoms with van der Waals surface area (Å²) in [5.74, 6) is -1.01. The van der Waals surface area contributed by atoms with Gasteiger partial charge in [-0.15, -0.1) is 11.3 Å². The molecule has 0 aliphatic heterocycles. The maximum atomic E-state index is 12.9. The van der Waals surface area contributed by atoms with E-state index in [1.807, 2.05) is 73.0 Å². The number of Topliss-reactive ketones (excluding diaryl/α,β-unsaturated/α-hetero) is 1. The van der Waals surface area contributed by atoms with E-state index in [9.17, 15) is 14.4 Å². The minimum atomic E-state index is -0.721. The molecule has 0 spiro atoms. The highest BCUT2D eigenvalue weighted by Crippen LogP contribution is 2.25. The molecule has 2 N–H and O–H groups in total. The Morgan fingerprint density at radius 3 is 2.45 bits per heavy atom. The van der Waals surface area contributed by atoms with Crippen molar-refractivity contribution < 1.29 is 23.9 Å². The third-order valence-electron chi connectivity index (χ3n) is 6.22. The molecule has 0 unspecified atom stereocenters. The zero-order chi connectivity index (χ0) is 29.9. The van der Waals surface area contributed by atoms with Crippen molar-refractivity contribution in [2.45, 2.75) is 39.8 Å². The molecule has 2 heterocycles. The first kappa shape index (κ1) is 30.2. The van der Waals surface area contributed by atoms with Crippen molar-refractivity contribution in [2.75, 3.05) is 6.61 Å². The van der Waals surface area contributed by atoms with Crippen LogP contribution in [0.25, 0.3) is 6.08 Å². The number of hydrogen-bond acceptors (Lipinski definition) is 7. The van der Waals surface area contributed by atoms with E-state index in [1.54, 1.807) is 38.3 Å². The molecule has 4 rings (SSSR count). The number of esters is 1. The van der Waals surface area contributed by atoms with E-state index in [2.05, 4.69) is 10.3 Å². The van der Waals surface area contributed by atoms with Gasteiger partial charge in [-0.2, -0.15) is 0 Å². The van der Waals surface area contributed by atoms with Crippen LogP contribution in [0.1, 0.15) is 59.1 Å². The minimum Gasteiger partial charge on any atom is -0.489 e. The fourth-order valence-corrected chi connectivity index (χ4v) is 4.99. The van der Waals surface area contributed by atoms with Gasteiger partial charge < -0.3 is 19.8 Å². The molecule has 0 saturated carbocycles. The van der Waals surface area contributed by atoms with Crippen molar-refractivity contribution in [2.24, 2.45) is 0 Å². The SMILES string of the molecule is CCOC(=O)/C(C)=C\C(C)=C\c1csc([C@H](Cc2ccc(OCc3ccccc3)cc2)NC(=O)C(=O)c2ccc[nH]2)n1. The number of nitrogens with zero attached hydrogens (tertiary/aromatic N) is 1. The summed E-state index contributed by atoms with van der Waals surface area (Å²) in [5.41, 5.74) is 4.23. The predicted molar refractivity (Wildman–Crippen MR) is 163 cm³/mol. The van der Waals surface area contributed by atoms with Crippen molar-refractivity contribution in [1.82, 2.24) is 15.3 Å². The highest BCUT2D eigenvalue weighted by atomic mass is 32.1. The van der Waals surface area contributed by atoms with E-state index in [1.165, 1.54) is 11.3 Å². The highest BCUT2D eigenvalue weighted by molar-refractivity contribution is 7.09. The Kier molecular flexibility index (Phi) is 10.6. The molecule has 9 heteroatoms. The molecular weight excluding hydrogens is 550 g/mol. The molecule has 0 fully saturated rings. The van der Waals surface area contributed by atoms with Crippen LogP contribution in [0.4, 0.5) is 0 Å². The normalized spacial score (nSPS) is 12.5. The van der Waals surface area contributed by atoms with Gasteiger partial charge >= 0.3 is 5.97 Å². The van der Waals surface area contributed by atoms with Gasteiger partial charge in [0.05, 0.1) is 24.0 Å². The zero-order valence-corrected chi connectivity index (χ0v) is 24.6. The molecule has 1 atom stereocenters. The maximum absolute atomic E-state index is 12.9. The lowest BCUT2D eigenvalue weighted by molar-refractivity contribution is -0.138. The zero-order valence-electron chi connectivity index (χ0n) is 23.8. The summed E-state index contributed by atoms with van der Waals surface area (Å²) in [6.07, 6.45) is 5.61. The van der Waals surface area contributed by atoms with Gasteiger partial charge in [-0.25, -0.2) is 9.78 Å². The number of carbonyl (C=O) groups is 3. The van der Waals surface area contributed by atoms with Gasteiger partial charge in [-0.3, -0.25) is 9.59 Å². The van der Waals surface area contributed by atoms with Crippen LogP contribution in [-0.2, 0) is 27.4 Å². The first-order valence-electron chi connectivity index (χ1n) is 13.6. The van der Waals surface area contributed by atoms with Crippen LogP contribution in [0.15, 0.2) is 95.5 Å². The summed E-state index contributed by atoms with van der Waals surface area (Å²) in [6.45, 7) is 6.11. The van der Waals surface area contributed by atoms with E-state index in [0.717, 1.165) is 22.4 Å². The van der Waals surface area contributed by atoms with Crippen LogP contribution in [0.5, 0.6) is 5.75 Å². The first-order valence-corrected chi connectivity index (χ1v) is 14.4. The lowest BCUT2D eigenvalue weighted by Gasteiger charge is -2.16. The number of H-pyrrole nitrogens is 1. The van der Waals surface area contributed by atoms with Crippen molar-refractivity contribution >= 4 is 35.1 Å². The number of hydrogen-bond donors (Lipinski definition) is 2. The molecule has 42 heavy (non-hydrogen) atoms. The number of aromatic nitrogens is 2. The van der Waals surface area contributed by atoms with E-state index >= 15 is 0 Å². The van der Waals surface area contributed by atoms with Crippen molar-refractivity contribution in [3.05, 3.63) is 123 Å². The van der Waals surface area contributed by atoms with Crippen LogP contribution >= 0.6 is 11.3 Å². The molecule has 0 bridgehead atoms. The first-order chi connectivity index (χ1) is 20.3. The molecule has 2 aromatic heterocycles. The standard InChI is InChI=1S/C33H33N3O5S/c1-4-40-33(39)23(3)17-22(2)18-26-21-42-32(35-26)29(36-31(38)30(37)28-11-8-16-34-28)19-24-12-14-27(15-13-24)41-20-25-9-6-5-7-10-25/h5-18,21,29,34H,4,19-20H2,1-3H3,(H,36,38)/b22-18+,23-17-/t29-/m0/s1. The average Bonchev–Trinajstić information content (AvgIpc) is 3.69. The summed E-state index contributed by atoms with van der Waals surface area (Å²) < 4.78 is 10.9. The number of allylic oxidation sites excluding steroid dienone is 2. The third-order valence-corrected chi connectivity index (χ3v) is 7.20. The second kappa shape index (κ2) is 14.7. The number of aromatic amines is 1. The lowest BCUT2D eigenvalue weighted by atomic mass is 10.1. The largest absolute Gasteiger partial charge is 0.489 e. The third kappa shape index (κ3) is 8.62. The quantitative estimate of drug-likeness (QED) is 0.0633. The highest BCUT2D eigenvalue weighted by Gasteiger charge is 2.24. The molecule has 216 valence electrons. The van der Waals surface area contributed by atoms with Gasteiger partial charge in [0, 0.05) is 17.2 Å². The molecule has 8 nitrogen and oxygen atoms in total. The minimum absolute atomic E-state index is 0.216. The summed E-state index contributed by atoms with van der Waals surface area (Å²) in [4.78, 5) is 45.1. The Morgan fingerprint density at radius 2 is 1.76 bits per heavy atom. The number of thiazole rings is 1. The number of rotatable bonds is 13. The summed E-state index contributed by atoms with van der Waals surface area (Å²) in [6, 6.07) is 20.3. The summed E-state index contributed by atoms with van der Waals surface area (Å²) in [5, 5.41) is 5.40. The Bertz CT molecular complexity index is 1550. The summed E-state index contributed by atoms with van der Waals surface area (Å²) >= 11 is 1.39. The van der Waals surface area contributed by atoms with Gasteiger partial charge in [0.25, 0.3) is 11.7 Å². The number of ether oxygens (including phenoxy) is 2. The Hall–Kier alpha value is -4.76. The molecule has 0 aliphatic rings. The number of amides is 1. The van der Waals surface area contributed by atoms with Crippen LogP contribution in [-0.4, -0.2) is 34.2 Å². The van der Waals surface area contributed by atoms with E-state index in [0.29, 0.717) is 35.9 Å². The van der Waals surface area contributed by atoms with Gasteiger partial charge in [0.15, 0.2) is 0 Å². The number of nitrogens with one attached hydrogen (secondary N) is 2. The maximum Gasteiger partial charge on any atom is 0.333 e. The predicted octanol–water partition coefficient (Wildman–Crippen LogP) is 6.25. The second-order valence-electron chi connectivity index (χ2n) is 9.61. The topological polar surface area (TPSA) is 110 Å². The van der Waals surface area contributed by atoms with Crippen molar-refractivity contribution in [3.63, 3.8) is 0 Å². The number of carbonyl (C=O) groups excluding carboxylic acids is 3. The van der Waals surface area contributed by atoms with E-state index < -0.39 is 17.7 Å². The number of ketones is 1. The van der Waals surface area contributed by atoms with Gasteiger partial charge in [-0.05, 0) is 80.3 Å². The molecule has 0 aliphatic carbocycles. The van der Waals surface area contributed by atoms with Crippen LogP contribution < -0.4 is 10.1 Å². The molecule has 1 amide bonds. The van der Waals surface area contributed by atoms with E-state index in [4.69, 9.17) is 14.5 Å². The summed E-state index contributed by atoms with van der Waals surface area (Å²) in [7, 11) is 0. The molecule has 2 aromatic carbocycles. The number of benzene rings is 2. The smallest absolute Gasteiger partial charge is 0.333 e. The lowest BCUT2D eigenvalue weighted by Crippen LogP contribution is -2.35. The van der Waals surface area contributed by atoms with Crippen LogP contribution in [0, 0.1) is 0 Å². The Labute approximate surface area is 249 Å².